The van der Waals surface area contributed by atoms with Crippen LogP contribution in [0.2, 0.25) is 0 Å². The highest BCUT2D eigenvalue weighted by Gasteiger charge is 2.15. The number of rotatable bonds is 5. The Morgan fingerprint density at radius 2 is 1.53 bits per heavy atom. The third-order valence-electron chi connectivity index (χ3n) is 4.73. The molecule has 1 heterocycles. The zero-order valence-electron chi connectivity index (χ0n) is 16.2. The maximum absolute atomic E-state index is 11.8. The molecule has 0 bridgehead atoms. The van der Waals surface area contributed by atoms with Crippen molar-refractivity contribution in [1.82, 2.24) is 9.55 Å². The number of hydrogen-bond acceptors (Lipinski definition) is 4. The Hall–Kier alpha value is -3.71. The van der Waals surface area contributed by atoms with Gasteiger partial charge in [0.2, 0.25) is 0 Å². The van der Waals surface area contributed by atoms with E-state index in [2.05, 4.69) is 4.98 Å². The fourth-order valence-corrected chi connectivity index (χ4v) is 3.87. The topological polar surface area (TPSA) is 95.0 Å². The maximum atomic E-state index is 11.8. The molecule has 1 aromatic heterocycles. The van der Waals surface area contributed by atoms with E-state index in [0.717, 1.165) is 22.4 Å². The molecular formula is C23H19N3O3S. The lowest BCUT2D eigenvalue weighted by molar-refractivity contribution is 0.0996. The molecule has 30 heavy (non-hydrogen) atoms. The molecule has 7 heteroatoms. The zero-order chi connectivity index (χ0) is 21.3. The predicted octanol–water partition coefficient (Wildman–Crippen LogP) is 3.71. The first kappa shape index (κ1) is 19.6. The lowest BCUT2D eigenvalue weighted by Gasteiger charge is -2.10. The molecule has 0 fully saturated rings. The van der Waals surface area contributed by atoms with Crippen molar-refractivity contribution in [2.75, 3.05) is 6.26 Å². The van der Waals surface area contributed by atoms with Gasteiger partial charge in [-0.25, -0.2) is 13.4 Å². The van der Waals surface area contributed by atoms with Crippen molar-refractivity contribution in [1.29, 1.82) is 0 Å². The van der Waals surface area contributed by atoms with E-state index in [4.69, 9.17) is 5.73 Å². The van der Waals surface area contributed by atoms with Crippen molar-refractivity contribution in [2.24, 2.45) is 5.73 Å². The molecule has 0 atom stereocenters. The van der Waals surface area contributed by atoms with Crippen molar-refractivity contribution in [3.05, 3.63) is 90.8 Å². The van der Waals surface area contributed by atoms with Crippen molar-refractivity contribution in [3.8, 4) is 28.2 Å². The summed E-state index contributed by atoms with van der Waals surface area (Å²) in [6, 6.07) is 23.9. The first-order chi connectivity index (χ1) is 14.3. The average molecular weight is 417 g/mol. The van der Waals surface area contributed by atoms with Crippen LogP contribution in [0.3, 0.4) is 0 Å². The summed E-state index contributed by atoms with van der Waals surface area (Å²) in [6.45, 7) is 0. The van der Waals surface area contributed by atoms with Gasteiger partial charge in [0.25, 0.3) is 5.91 Å². The van der Waals surface area contributed by atoms with Crippen molar-refractivity contribution >= 4 is 15.7 Å². The Labute approximate surface area is 174 Å². The molecule has 0 aliphatic heterocycles. The van der Waals surface area contributed by atoms with Gasteiger partial charge in [-0.2, -0.15) is 0 Å². The first-order valence-electron chi connectivity index (χ1n) is 9.18. The summed E-state index contributed by atoms with van der Waals surface area (Å²) in [5, 5.41) is 0. The molecule has 0 unspecified atom stereocenters. The van der Waals surface area contributed by atoms with Gasteiger partial charge < -0.3 is 5.73 Å². The van der Waals surface area contributed by atoms with E-state index in [-0.39, 0.29) is 10.6 Å². The number of imidazole rings is 1. The highest BCUT2D eigenvalue weighted by molar-refractivity contribution is 7.90. The summed E-state index contributed by atoms with van der Waals surface area (Å²) in [6.07, 6.45) is 2.81. The number of primary amides is 1. The molecule has 0 aliphatic rings. The van der Waals surface area contributed by atoms with E-state index >= 15 is 0 Å². The van der Waals surface area contributed by atoms with E-state index in [1.165, 1.54) is 6.26 Å². The molecule has 150 valence electrons. The van der Waals surface area contributed by atoms with Crippen molar-refractivity contribution in [2.45, 2.75) is 4.90 Å². The Morgan fingerprint density at radius 1 is 0.867 bits per heavy atom. The number of nitrogens with two attached hydrogens (primary N) is 1. The fraction of sp³-hybridized carbons (Fsp3) is 0.0435. The fourth-order valence-electron chi connectivity index (χ4n) is 3.21. The van der Waals surface area contributed by atoms with Crippen LogP contribution in [0.4, 0.5) is 0 Å². The van der Waals surface area contributed by atoms with Crippen molar-refractivity contribution < 1.29 is 13.2 Å². The second kappa shape index (κ2) is 7.61. The van der Waals surface area contributed by atoms with Gasteiger partial charge in [-0.05, 0) is 35.4 Å². The second-order valence-electron chi connectivity index (χ2n) is 6.90. The lowest BCUT2D eigenvalue weighted by Crippen LogP contribution is -2.11. The summed E-state index contributed by atoms with van der Waals surface area (Å²) in [5.41, 5.74) is 8.95. The molecular weight excluding hydrogens is 398 g/mol. The number of carbonyl (C=O) groups excluding carboxylic acids is 1. The summed E-state index contributed by atoms with van der Waals surface area (Å²) < 4.78 is 25.5. The summed E-state index contributed by atoms with van der Waals surface area (Å²) in [5.74, 6) is 0.0105. The predicted molar refractivity (Wildman–Crippen MR) is 116 cm³/mol. The molecule has 0 spiro atoms. The Morgan fingerprint density at radius 3 is 2.17 bits per heavy atom. The van der Waals surface area contributed by atoms with Gasteiger partial charge in [0.05, 0.1) is 4.90 Å². The van der Waals surface area contributed by atoms with E-state index in [1.807, 2.05) is 65.2 Å². The number of amides is 1. The summed E-state index contributed by atoms with van der Waals surface area (Å²) in [7, 11) is -3.28. The molecule has 4 aromatic rings. The highest BCUT2D eigenvalue weighted by Crippen LogP contribution is 2.27. The average Bonchev–Trinajstić information content (AvgIpc) is 3.20. The standard InChI is InChI=1S/C23H19N3O3S/c1-30(28,29)20-9-5-8-18(14-20)16-10-12-19(13-11-16)26-15-21(22(24)27)25-23(26)17-6-3-2-4-7-17/h2-15H,1H3,(H2,24,27). The van der Waals surface area contributed by atoms with Crippen LogP contribution >= 0.6 is 0 Å². The van der Waals surface area contributed by atoms with Crippen LogP contribution in [0.15, 0.2) is 90.0 Å². The van der Waals surface area contributed by atoms with Gasteiger partial charge in [0.1, 0.15) is 11.5 Å². The molecule has 4 rings (SSSR count). The van der Waals surface area contributed by atoms with E-state index in [0.29, 0.717) is 5.82 Å². The number of carbonyl (C=O) groups is 1. The Bertz CT molecular complexity index is 1330. The Balaban J connectivity index is 1.76. The van der Waals surface area contributed by atoms with Crippen LogP contribution in [0, 0.1) is 0 Å². The third-order valence-corrected chi connectivity index (χ3v) is 5.84. The molecule has 0 saturated heterocycles. The van der Waals surface area contributed by atoms with Gasteiger partial charge in [-0.3, -0.25) is 9.36 Å². The number of aromatic nitrogens is 2. The van der Waals surface area contributed by atoms with E-state index in [1.54, 1.807) is 24.4 Å². The van der Waals surface area contributed by atoms with Gasteiger partial charge in [0.15, 0.2) is 9.84 Å². The number of benzene rings is 3. The van der Waals surface area contributed by atoms with Crippen LogP contribution in [0.1, 0.15) is 10.5 Å². The zero-order valence-corrected chi connectivity index (χ0v) is 17.0. The Kier molecular flexibility index (Phi) is 4.97. The summed E-state index contributed by atoms with van der Waals surface area (Å²) >= 11 is 0. The molecule has 0 aliphatic carbocycles. The first-order valence-corrected chi connectivity index (χ1v) is 11.1. The molecule has 2 N–H and O–H groups in total. The van der Waals surface area contributed by atoms with E-state index < -0.39 is 15.7 Å². The molecule has 3 aromatic carbocycles. The SMILES string of the molecule is CS(=O)(=O)c1cccc(-c2ccc(-n3cc(C(N)=O)nc3-c3ccccc3)cc2)c1. The highest BCUT2D eigenvalue weighted by atomic mass is 32.2. The van der Waals surface area contributed by atoms with Crippen LogP contribution < -0.4 is 5.73 Å². The van der Waals surface area contributed by atoms with Gasteiger partial charge in [-0.15, -0.1) is 0 Å². The third kappa shape index (κ3) is 3.88. The molecule has 0 radical (unpaired) electrons. The molecule has 6 nitrogen and oxygen atoms in total. The minimum atomic E-state index is -3.28. The monoisotopic (exact) mass is 417 g/mol. The van der Waals surface area contributed by atoms with Gasteiger partial charge in [-0.1, -0.05) is 54.6 Å². The van der Waals surface area contributed by atoms with Crippen LogP contribution in [-0.2, 0) is 9.84 Å². The largest absolute Gasteiger partial charge is 0.364 e. The number of hydrogen-bond donors (Lipinski definition) is 1. The molecule has 0 saturated carbocycles. The quantitative estimate of drug-likeness (QED) is 0.535. The van der Waals surface area contributed by atoms with Crippen LogP contribution in [0.25, 0.3) is 28.2 Å². The van der Waals surface area contributed by atoms with E-state index in [9.17, 15) is 13.2 Å². The minimum Gasteiger partial charge on any atom is -0.364 e. The lowest BCUT2D eigenvalue weighted by atomic mass is 10.1. The smallest absolute Gasteiger partial charge is 0.268 e. The molecule has 1 amide bonds. The van der Waals surface area contributed by atoms with Crippen molar-refractivity contribution in [3.63, 3.8) is 0 Å². The van der Waals surface area contributed by atoms with Gasteiger partial charge in [0, 0.05) is 23.7 Å². The minimum absolute atomic E-state index is 0.179. The maximum Gasteiger partial charge on any atom is 0.268 e. The normalized spacial score (nSPS) is 11.4. The summed E-state index contributed by atoms with van der Waals surface area (Å²) in [4.78, 5) is 16.3. The number of nitrogens with zero attached hydrogens (tertiary/aromatic N) is 2. The van der Waals surface area contributed by atoms with Crippen LogP contribution in [0.5, 0.6) is 0 Å². The second-order valence-corrected chi connectivity index (χ2v) is 8.91. The van der Waals surface area contributed by atoms with Gasteiger partial charge >= 0.3 is 0 Å². The van der Waals surface area contributed by atoms with Crippen LogP contribution in [-0.4, -0.2) is 30.1 Å². The number of sulfone groups is 1.